The van der Waals surface area contributed by atoms with E-state index in [4.69, 9.17) is 9.47 Å². The highest BCUT2D eigenvalue weighted by molar-refractivity contribution is 7.22. The van der Waals surface area contributed by atoms with Crippen LogP contribution in [0.3, 0.4) is 0 Å². The molecule has 0 fully saturated rings. The molecule has 7 heteroatoms. The molecule has 0 saturated carbocycles. The van der Waals surface area contributed by atoms with Gasteiger partial charge in [-0.1, -0.05) is 35.6 Å². The highest BCUT2D eigenvalue weighted by Gasteiger charge is 2.12. The third-order valence-corrected chi connectivity index (χ3v) is 4.53. The number of nitrogens with zero attached hydrogens (tertiary/aromatic N) is 1. The van der Waals surface area contributed by atoms with Crippen LogP contribution < -0.4 is 10.1 Å². The number of carbonyl (C=O) groups is 2. The number of hydrogen-bond acceptors (Lipinski definition) is 6. The Morgan fingerprint density at radius 1 is 1.12 bits per heavy atom. The van der Waals surface area contributed by atoms with Gasteiger partial charge in [-0.3, -0.25) is 10.1 Å². The van der Waals surface area contributed by atoms with Crippen LogP contribution in [0, 0.1) is 13.8 Å². The summed E-state index contributed by atoms with van der Waals surface area (Å²) in [5.74, 6) is -0.438. The summed E-state index contributed by atoms with van der Waals surface area (Å²) in [6, 6.07) is 13.2. The van der Waals surface area contributed by atoms with Gasteiger partial charge in [0.15, 0.2) is 18.3 Å². The highest BCUT2D eigenvalue weighted by Crippen LogP contribution is 2.26. The first kappa shape index (κ1) is 17.9. The molecule has 0 radical (unpaired) electrons. The van der Waals surface area contributed by atoms with Gasteiger partial charge in [-0.2, -0.15) is 0 Å². The summed E-state index contributed by atoms with van der Waals surface area (Å²) < 4.78 is 11.3. The van der Waals surface area contributed by atoms with E-state index in [0.29, 0.717) is 10.9 Å². The molecular weight excluding hydrogens is 352 g/mol. The van der Waals surface area contributed by atoms with Gasteiger partial charge in [-0.15, -0.1) is 0 Å². The molecule has 0 spiro atoms. The summed E-state index contributed by atoms with van der Waals surface area (Å²) in [6.45, 7) is 3.24. The number of carbonyl (C=O) groups excluding carboxylic acids is 2. The number of thiazole rings is 1. The van der Waals surface area contributed by atoms with Gasteiger partial charge in [0, 0.05) is 0 Å². The Morgan fingerprint density at radius 3 is 2.73 bits per heavy atom. The van der Waals surface area contributed by atoms with Gasteiger partial charge in [-0.05, 0) is 43.2 Å². The molecule has 3 rings (SSSR count). The van der Waals surface area contributed by atoms with E-state index in [2.05, 4.69) is 10.3 Å². The van der Waals surface area contributed by atoms with Gasteiger partial charge in [-0.25, -0.2) is 9.78 Å². The minimum absolute atomic E-state index is 0.251. The molecule has 1 amide bonds. The monoisotopic (exact) mass is 370 g/mol. The van der Waals surface area contributed by atoms with Crippen LogP contribution in [0.15, 0.2) is 42.5 Å². The van der Waals surface area contributed by atoms with E-state index < -0.39 is 11.9 Å². The van der Waals surface area contributed by atoms with Crippen molar-refractivity contribution in [2.75, 3.05) is 18.5 Å². The lowest BCUT2D eigenvalue weighted by molar-refractivity contribution is -0.149. The molecule has 0 atom stereocenters. The standard InChI is InChI=1S/C19H18N2O4S/c1-12-7-8-14-16(9-12)26-19(20-14)21-17(22)10-25-18(23)11-24-15-6-4-3-5-13(15)2/h3-9H,10-11H2,1-2H3,(H,20,21,22). The Balaban J connectivity index is 1.47. The van der Waals surface area contributed by atoms with Crippen molar-refractivity contribution in [2.24, 2.45) is 0 Å². The Bertz CT molecular complexity index is 952. The van der Waals surface area contributed by atoms with Crippen molar-refractivity contribution in [3.05, 3.63) is 53.6 Å². The Hall–Kier alpha value is -2.93. The maximum atomic E-state index is 11.9. The zero-order chi connectivity index (χ0) is 18.5. The van der Waals surface area contributed by atoms with Crippen LogP contribution in [-0.4, -0.2) is 30.1 Å². The van der Waals surface area contributed by atoms with E-state index in [1.54, 1.807) is 6.07 Å². The summed E-state index contributed by atoms with van der Waals surface area (Å²) in [5.41, 5.74) is 2.87. The number of hydrogen-bond donors (Lipinski definition) is 1. The van der Waals surface area contributed by atoms with Gasteiger partial charge in [0.25, 0.3) is 5.91 Å². The number of esters is 1. The van der Waals surface area contributed by atoms with Gasteiger partial charge < -0.3 is 9.47 Å². The number of aryl methyl sites for hydroxylation is 2. The van der Waals surface area contributed by atoms with Crippen LogP contribution >= 0.6 is 11.3 Å². The summed E-state index contributed by atoms with van der Waals surface area (Å²) in [6.07, 6.45) is 0. The lowest BCUT2D eigenvalue weighted by atomic mass is 10.2. The maximum absolute atomic E-state index is 11.9. The molecule has 1 N–H and O–H groups in total. The van der Waals surface area contributed by atoms with E-state index >= 15 is 0 Å². The number of aromatic nitrogens is 1. The van der Waals surface area contributed by atoms with Crippen LogP contribution in [-0.2, 0) is 14.3 Å². The van der Waals surface area contributed by atoms with Gasteiger partial charge in [0.2, 0.25) is 0 Å². The third kappa shape index (κ3) is 4.58. The number of amides is 1. The molecule has 1 aromatic heterocycles. The van der Waals surface area contributed by atoms with E-state index in [9.17, 15) is 9.59 Å². The van der Waals surface area contributed by atoms with Crippen molar-refractivity contribution in [3.8, 4) is 5.75 Å². The molecule has 0 unspecified atom stereocenters. The van der Waals surface area contributed by atoms with Crippen molar-refractivity contribution >= 4 is 38.6 Å². The lowest BCUT2D eigenvalue weighted by Gasteiger charge is -2.08. The molecular formula is C19H18N2O4S. The fraction of sp³-hybridized carbons (Fsp3) is 0.211. The van der Waals surface area contributed by atoms with Crippen LogP contribution in [0.4, 0.5) is 5.13 Å². The number of fused-ring (bicyclic) bond motifs is 1. The first-order valence-electron chi connectivity index (χ1n) is 8.02. The second-order valence-corrected chi connectivity index (χ2v) is 6.78. The van der Waals surface area contributed by atoms with Crippen LogP contribution in [0.2, 0.25) is 0 Å². The number of ether oxygens (including phenoxy) is 2. The van der Waals surface area contributed by atoms with Crippen molar-refractivity contribution in [2.45, 2.75) is 13.8 Å². The summed E-state index contributed by atoms with van der Waals surface area (Å²) in [5, 5.41) is 3.11. The zero-order valence-corrected chi connectivity index (χ0v) is 15.3. The van der Waals surface area contributed by atoms with E-state index in [-0.39, 0.29) is 13.2 Å². The smallest absolute Gasteiger partial charge is 0.344 e. The average Bonchev–Trinajstić information content (AvgIpc) is 3.00. The van der Waals surface area contributed by atoms with Crippen molar-refractivity contribution < 1.29 is 19.1 Å². The summed E-state index contributed by atoms with van der Waals surface area (Å²) >= 11 is 1.37. The quantitative estimate of drug-likeness (QED) is 0.672. The molecule has 134 valence electrons. The molecule has 2 aromatic carbocycles. The zero-order valence-electron chi connectivity index (χ0n) is 14.4. The van der Waals surface area contributed by atoms with Gasteiger partial charge >= 0.3 is 5.97 Å². The summed E-state index contributed by atoms with van der Waals surface area (Å²) in [7, 11) is 0. The highest BCUT2D eigenvalue weighted by atomic mass is 32.1. The maximum Gasteiger partial charge on any atom is 0.344 e. The first-order chi connectivity index (χ1) is 12.5. The predicted octanol–water partition coefficient (Wildman–Crippen LogP) is 3.47. The van der Waals surface area contributed by atoms with Crippen LogP contribution in [0.1, 0.15) is 11.1 Å². The topological polar surface area (TPSA) is 77.5 Å². The molecule has 0 aliphatic heterocycles. The molecule has 1 heterocycles. The Labute approximate surface area is 154 Å². The van der Waals surface area contributed by atoms with E-state index in [1.807, 2.05) is 50.2 Å². The van der Waals surface area contributed by atoms with Crippen LogP contribution in [0.25, 0.3) is 10.2 Å². The fourth-order valence-electron chi connectivity index (χ4n) is 2.28. The third-order valence-electron chi connectivity index (χ3n) is 3.59. The number of anilines is 1. The molecule has 3 aromatic rings. The van der Waals surface area contributed by atoms with Crippen molar-refractivity contribution in [1.29, 1.82) is 0 Å². The minimum Gasteiger partial charge on any atom is -0.482 e. The Kier molecular flexibility index (Phi) is 5.48. The fourth-order valence-corrected chi connectivity index (χ4v) is 3.26. The van der Waals surface area contributed by atoms with Gasteiger partial charge in [0.05, 0.1) is 10.2 Å². The number of rotatable bonds is 6. The van der Waals surface area contributed by atoms with E-state index in [0.717, 1.165) is 21.3 Å². The predicted molar refractivity (Wildman–Crippen MR) is 101 cm³/mol. The number of para-hydroxylation sites is 1. The van der Waals surface area contributed by atoms with Crippen molar-refractivity contribution in [1.82, 2.24) is 4.98 Å². The van der Waals surface area contributed by atoms with Crippen molar-refractivity contribution in [3.63, 3.8) is 0 Å². The Morgan fingerprint density at radius 2 is 1.92 bits per heavy atom. The average molecular weight is 370 g/mol. The molecule has 0 aliphatic rings. The second-order valence-electron chi connectivity index (χ2n) is 5.75. The molecule has 26 heavy (non-hydrogen) atoms. The normalized spacial score (nSPS) is 10.5. The van der Waals surface area contributed by atoms with Crippen LogP contribution in [0.5, 0.6) is 5.75 Å². The SMILES string of the molecule is Cc1ccc2nc(NC(=O)COC(=O)COc3ccccc3C)sc2c1. The number of nitrogens with one attached hydrogen (secondary N) is 1. The van der Waals surface area contributed by atoms with Gasteiger partial charge in [0.1, 0.15) is 5.75 Å². The second kappa shape index (κ2) is 7.97. The number of benzene rings is 2. The first-order valence-corrected chi connectivity index (χ1v) is 8.84. The molecule has 0 aliphatic carbocycles. The largest absolute Gasteiger partial charge is 0.482 e. The summed E-state index contributed by atoms with van der Waals surface area (Å²) in [4.78, 5) is 28.0. The molecule has 0 saturated heterocycles. The minimum atomic E-state index is -0.608. The molecule has 0 bridgehead atoms. The lowest BCUT2D eigenvalue weighted by Crippen LogP contribution is -2.23. The van der Waals surface area contributed by atoms with E-state index in [1.165, 1.54) is 11.3 Å². The molecule has 6 nitrogen and oxygen atoms in total.